The number of nitrogens with zero attached hydrogens (tertiary/aromatic N) is 2. The number of amides is 1. The quantitative estimate of drug-likeness (QED) is 0.602. The van der Waals surface area contributed by atoms with Gasteiger partial charge in [0.15, 0.2) is 0 Å². The van der Waals surface area contributed by atoms with Crippen LogP contribution in [-0.2, 0) is 21.4 Å². The molecular formula is C26H33N3O3S. The molecule has 176 valence electrons. The van der Waals surface area contributed by atoms with Crippen molar-refractivity contribution in [3.05, 3.63) is 65.7 Å². The van der Waals surface area contributed by atoms with E-state index >= 15 is 0 Å². The fourth-order valence-electron chi connectivity index (χ4n) is 4.73. The second kappa shape index (κ2) is 10.5. The SMILES string of the molecule is CN(Cc1ccccc1NC(=O)/C=C/c1ccc(N2CCCS2(=O)=O)cc1)C1CCCCC1. The minimum atomic E-state index is -3.19. The zero-order valence-electron chi connectivity index (χ0n) is 19.2. The van der Waals surface area contributed by atoms with Crippen LogP contribution < -0.4 is 9.62 Å². The number of anilines is 2. The average molecular weight is 468 g/mol. The number of benzene rings is 2. The van der Waals surface area contributed by atoms with Crippen LogP contribution in [0.3, 0.4) is 0 Å². The molecule has 33 heavy (non-hydrogen) atoms. The fraction of sp³-hybridized carbons (Fsp3) is 0.423. The number of rotatable bonds is 7. The molecule has 0 bridgehead atoms. The number of para-hydroxylation sites is 1. The maximum Gasteiger partial charge on any atom is 0.248 e. The molecule has 1 saturated carbocycles. The van der Waals surface area contributed by atoms with Gasteiger partial charge in [-0.15, -0.1) is 0 Å². The summed E-state index contributed by atoms with van der Waals surface area (Å²) in [5.41, 5.74) is 3.47. The molecule has 4 rings (SSSR count). The number of nitrogens with one attached hydrogen (secondary N) is 1. The lowest BCUT2D eigenvalue weighted by Gasteiger charge is -2.31. The third-order valence-electron chi connectivity index (χ3n) is 6.60. The Balaban J connectivity index is 1.37. The first-order valence-corrected chi connectivity index (χ1v) is 13.4. The second-order valence-corrected chi connectivity index (χ2v) is 11.0. The second-order valence-electron chi connectivity index (χ2n) is 9.02. The van der Waals surface area contributed by atoms with Gasteiger partial charge in [-0.3, -0.25) is 14.0 Å². The molecule has 0 atom stereocenters. The zero-order chi connectivity index (χ0) is 23.3. The fourth-order valence-corrected chi connectivity index (χ4v) is 6.29. The first-order valence-electron chi connectivity index (χ1n) is 11.8. The Kier molecular flexibility index (Phi) is 7.50. The van der Waals surface area contributed by atoms with Gasteiger partial charge in [-0.05, 0) is 61.7 Å². The van der Waals surface area contributed by atoms with Crippen LogP contribution in [0.15, 0.2) is 54.6 Å². The highest BCUT2D eigenvalue weighted by atomic mass is 32.2. The summed E-state index contributed by atoms with van der Waals surface area (Å²) in [5.74, 6) is 0.0150. The summed E-state index contributed by atoms with van der Waals surface area (Å²) < 4.78 is 25.6. The van der Waals surface area contributed by atoms with Gasteiger partial charge >= 0.3 is 0 Å². The van der Waals surface area contributed by atoms with Gasteiger partial charge in [0.05, 0.1) is 11.4 Å². The number of hydrogen-bond acceptors (Lipinski definition) is 4. The van der Waals surface area contributed by atoms with E-state index in [-0.39, 0.29) is 11.7 Å². The minimum absolute atomic E-state index is 0.186. The van der Waals surface area contributed by atoms with E-state index in [0.717, 1.165) is 23.4 Å². The predicted molar refractivity (Wildman–Crippen MR) is 135 cm³/mol. The summed E-state index contributed by atoms with van der Waals surface area (Å²) >= 11 is 0. The van der Waals surface area contributed by atoms with E-state index in [1.54, 1.807) is 18.2 Å². The first-order chi connectivity index (χ1) is 15.9. The van der Waals surface area contributed by atoms with E-state index < -0.39 is 10.0 Å². The maximum absolute atomic E-state index is 12.6. The van der Waals surface area contributed by atoms with E-state index in [1.165, 1.54) is 42.5 Å². The van der Waals surface area contributed by atoms with Crippen molar-refractivity contribution >= 4 is 33.4 Å². The van der Waals surface area contributed by atoms with E-state index in [0.29, 0.717) is 24.7 Å². The van der Waals surface area contributed by atoms with Crippen LogP contribution in [0.4, 0.5) is 11.4 Å². The molecule has 1 N–H and O–H groups in total. The number of sulfonamides is 1. The number of carbonyl (C=O) groups excluding carboxylic acids is 1. The lowest BCUT2D eigenvalue weighted by atomic mass is 9.94. The smallest absolute Gasteiger partial charge is 0.248 e. The molecule has 2 aliphatic rings. The Labute approximate surface area is 197 Å². The molecule has 0 radical (unpaired) electrons. The molecule has 0 spiro atoms. The Hall–Kier alpha value is -2.64. The molecule has 2 aromatic carbocycles. The molecular weight excluding hydrogens is 434 g/mol. The molecule has 1 heterocycles. The molecule has 0 aromatic heterocycles. The Bertz CT molecular complexity index is 1090. The lowest BCUT2D eigenvalue weighted by molar-refractivity contribution is -0.111. The Morgan fingerprint density at radius 2 is 1.79 bits per heavy atom. The zero-order valence-corrected chi connectivity index (χ0v) is 20.1. The summed E-state index contributed by atoms with van der Waals surface area (Å²) in [6.45, 7) is 1.33. The molecule has 1 saturated heterocycles. The van der Waals surface area contributed by atoms with Gasteiger partial charge in [-0.2, -0.15) is 0 Å². The highest BCUT2D eigenvalue weighted by Gasteiger charge is 2.28. The minimum Gasteiger partial charge on any atom is -0.322 e. The lowest BCUT2D eigenvalue weighted by Crippen LogP contribution is -2.33. The van der Waals surface area contributed by atoms with Crippen molar-refractivity contribution in [1.29, 1.82) is 0 Å². The van der Waals surface area contributed by atoms with E-state index in [4.69, 9.17) is 0 Å². The first kappa shape index (κ1) is 23.5. The van der Waals surface area contributed by atoms with Crippen molar-refractivity contribution in [2.24, 2.45) is 0 Å². The van der Waals surface area contributed by atoms with Gasteiger partial charge < -0.3 is 5.32 Å². The molecule has 1 amide bonds. The number of carbonyl (C=O) groups is 1. The topological polar surface area (TPSA) is 69.7 Å². The van der Waals surface area contributed by atoms with Crippen LogP contribution >= 0.6 is 0 Å². The van der Waals surface area contributed by atoms with E-state index in [2.05, 4.69) is 23.3 Å². The summed E-state index contributed by atoms with van der Waals surface area (Å²) in [6.07, 6.45) is 10.3. The molecule has 1 aliphatic heterocycles. The molecule has 0 unspecified atom stereocenters. The van der Waals surface area contributed by atoms with Crippen molar-refractivity contribution in [3.63, 3.8) is 0 Å². The summed E-state index contributed by atoms with van der Waals surface area (Å²) in [6, 6.07) is 15.8. The van der Waals surface area contributed by atoms with Crippen molar-refractivity contribution in [3.8, 4) is 0 Å². The Morgan fingerprint density at radius 3 is 2.48 bits per heavy atom. The van der Waals surface area contributed by atoms with Crippen LogP contribution in [0, 0.1) is 0 Å². The van der Waals surface area contributed by atoms with Gasteiger partial charge in [-0.1, -0.05) is 49.6 Å². The molecule has 2 fully saturated rings. The van der Waals surface area contributed by atoms with Crippen LogP contribution in [0.1, 0.15) is 49.7 Å². The highest BCUT2D eigenvalue weighted by molar-refractivity contribution is 7.93. The average Bonchev–Trinajstić information content (AvgIpc) is 3.18. The largest absolute Gasteiger partial charge is 0.322 e. The van der Waals surface area contributed by atoms with Gasteiger partial charge in [0.1, 0.15) is 0 Å². The normalized spacial score (nSPS) is 18.8. The van der Waals surface area contributed by atoms with Gasteiger partial charge in [0.25, 0.3) is 0 Å². The van der Waals surface area contributed by atoms with E-state index in [9.17, 15) is 13.2 Å². The summed E-state index contributed by atoms with van der Waals surface area (Å²) in [7, 11) is -1.01. The van der Waals surface area contributed by atoms with Crippen molar-refractivity contribution < 1.29 is 13.2 Å². The van der Waals surface area contributed by atoms with Crippen LogP contribution in [0.2, 0.25) is 0 Å². The van der Waals surface area contributed by atoms with Crippen LogP contribution in [0.5, 0.6) is 0 Å². The predicted octanol–water partition coefficient (Wildman–Crippen LogP) is 4.64. The summed E-state index contributed by atoms with van der Waals surface area (Å²) in [4.78, 5) is 15.0. The summed E-state index contributed by atoms with van der Waals surface area (Å²) in [5, 5.41) is 3.02. The third-order valence-corrected chi connectivity index (χ3v) is 8.47. The van der Waals surface area contributed by atoms with Gasteiger partial charge in [0.2, 0.25) is 15.9 Å². The highest BCUT2D eigenvalue weighted by Crippen LogP contribution is 2.26. The molecule has 6 nitrogen and oxygen atoms in total. The monoisotopic (exact) mass is 467 g/mol. The molecule has 1 aliphatic carbocycles. The van der Waals surface area contributed by atoms with Crippen molar-refractivity contribution in [2.45, 2.75) is 51.1 Å². The van der Waals surface area contributed by atoms with Gasteiger partial charge in [-0.25, -0.2) is 8.42 Å². The Morgan fingerprint density at radius 1 is 1.06 bits per heavy atom. The third kappa shape index (κ3) is 6.03. The number of hydrogen-bond donors (Lipinski definition) is 1. The van der Waals surface area contributed by atoms with Crippen molar-refractivity contribution in [2.75, 3.05) is 29.0 Å². The molecule has 2 aromatic rings. The van der Waals surface area contributed by atoms with Crippen molar-refractivity contribution in [1.82, 2.24) is 4.90 Å². The van der Waals surface area contributed by atoms with Gasteiger partial charge in [0, 0.05) is 30.9 Å². The van der Waals surface area contributed by atoms with Crippen LogP contribution in [0.25, 0.3) is 6.08 Å². The molecule has 7 heteroatoms. The maximum atomic E-state index is 12.6. The van der Waals surface area contributed by atoms with E-state index in [1.807, 2.05) is 30.3 Å². The van der Waals surface area contributed by atoms with Crippen LogP contribution in [-0.4, -0.2) is 44.6 Å². The standard InChI is InChI=1S/C26H33N3O3S/c1-28(23-9-3-2-4-10-23)20-22-8-5-6-11-25(22)27-26(30)17-14-21-12-15-24(16-13-21)29-18-7-19-33(29,31)32/h5-6,8,11-17,23H,2-4,7,9-10,18-20H2,1H3,(H,27,30)/b17-14+.